The summed E-state index contributed by atoms with van der Waals surface area (Å²) >= 11 is 0. The molecule has 0 bridgehead atoms. The van der Waals surface area contributed by atoms with Crippen LogP contribution >= 0.6 is 0 Å². The molecule has 7 heteroatoms. The van der Waals surface area contributed by atoms with Crippen LogP contribution in [0.25, 0.3) is 10.4 Å². The maximum atomic E-state index is 12.0. The van der Waals surface area contributed by atoms with Crippen LogP contribution in [-0.2, 0) is 11.2 Å². The molecule has 2 rings (SSSR count). The van der Waals surface area contributed by atoms with Crippen LogP contribution in [-0.4, -0.2) is 30.4 Å². The number of hydrogen-bond acceptors (Lipinski definition) is 3. The summed E-state index contributed by atoms with van der Waals surface area (Å²) in [5.74, 6) is -0.569. The molecular weight excluding hydrogens is 258 g/mol. The first kappa shape index (κ1) is 13.9. The second-order valence-corrected chi connectivity index (χ2v) is 4.53. The molecule has 0 aromatic heterocycles. The summed E-state index contributed by atoms with van der Waals surface area (Å²) in [6.45, 7) is 2.16. The topological polar surface area (TPSA) is 107 Å². The molecule has 104 valence electrons. The number of carbonyl (C=O) groups is 2. The minimum absolute atomic E-state index is 0.127. The summed E-state index contributed by atoms with van der Waals surface area (Å²) in [7, 11) is 0. The largest absolute Gasteiger partial charge is 0.349 e. The third-order valence-electron chi connectivity index (χ3n) is 3.27. The molecular formula is C13H15N5O2. The van der Waals surface area contributed by atoms with Crippen LogP contribution in [0.2, 0.25) is 0 Å². The maximum Gasteiger partial charge on any atom is 0.251 e. The lowest BCUT2D eigenvalue weighted by Gasteiger charge is -2.36. The summed E-state index contributed by atoms with van der Waals surface area (Å²) in [5, 5.41) is 8.62. The molecule has 1 aromatic carbocycles. The first-order valence-corrected chi connectivity index (χ1v) is 6.36. The Labute approximate surface area is 116 Å². The zero-order valence-electron chi connectivity index (χ0n) is 11.0. The SMILES string of the molecule is CCc1ccc(C(=O)N[C@H]2C(=O)N[C@H]2CN=[N+]=[N-])cc1. The third kappa shape index (κ3) is 2.89. The van der Waals surface area contributed by atoms with Crippen molar-refractivity contribution in [2.45, 2.75) is 25.4 Å². The van der Waals surface area contributed by atoms with E-state index in [0.717, 1.165) is 12.0 Å². The number of aryl methyl sites for hydroxylation is 1. The highest BCUT2D eigenvalue weighted by Gasteiger charge is 2.39. The van der Waals surface area contributed by atoms with Gasteiger partial charge in [-0.1, -0.05) is 24.2 Å². The van der Waals surface area contributed by atoms with Gasteiger partial charge < -0.3 is 10.6 Å². The van der Waals surface area contributed by atoms with Crippen LogP contribution < -0.4 is 10.6 Å². The Morgan fingerprint density at radius 2 is 2.15 bits per heavy atom. The van der Waals surface area contributed by atoms with E-state index in [1.165, 1.54) is 0 Å². The second-order valence-electron chi connectivity index (χ2n) is 4.53. The van der Waals surface area contributed by atoms with Gasteiger partial charge in [-0.25, -0.2) is 0 Å². The van der Waals surface area contributed by atoms with E-state index >= 15 is 0 Å². The summed E-state index contributed by atoms with van der Waals surface area (Å²) in [4.78, 5) is 26.1. The van der Waals surface area contributed by atoms with E-state index < -0.39 is 6.04 Å². The second kappa shape index (κ2) is 6.08. The summed E-state index contributed by atoms with van der Waals surface area (Å²) < 4.78 is 0. The highest BCUT2D eigenvalue weighted by Crippen LogP contribution is 2.10. The molecule has 0 radical (unpaired) electrons. The molecule has 1 saturated heterocycles. The van der Waals surface area contributed by atoms with Crippen LogP contribution in [0.15, 0.2) is 29.4 Å². The molecule has 2 amide bonds. The number of amides is 2. The normalized spacial score (nSPS) is 20.4. The van der Waals surface area contributed by atoms with Crippen LogP contribution in [0.1, 0.15) is 22.8 Å². The van der Waals surface area contributed by atoms with Gasteiger partial charge in [0.25, 0.3) is 5.91 Å². The fraction of sp³-hybridized carbons (Fsp3) is 0.385. The third-order valence-corrected chi connectivity index (χ3v) is 3.27. The molecule has 20 heavy (non-hydrogen) atoms. The highest BCUT2D eigenvalue weighted by atomic mass is 16.2. The average Bonchev–Trinajstić information content (AvgIpc) is 2.48. The highest BCUT2D eigenvalue weighted by molar-refractivity contribution is 5.99. The van der Waals surface area contributed by atoms with Crippen molar-refractivity contribution in [1.82, 2.24) is 10.6 Å². The molecule has 0 unspecified atom stereocenters. The van der Waals surface area contributed by atoms with E-state index in [2.05, 4.69) is 20.7 Å². The number of β-lactam (4-membered cyclic amide) rings is 1. The molecule has 0 saturated carbocycles. The number of rotatable bonds is 5. The van der Waals surface area contributed by atoms with E-state index in [9.17, 15) is 9.59 Å². The Balaban J connectivity index is 1.99. The van der Waals surface area contributed by atoms with Crippen LogP contribution in [0, 0.1) is 0 Å². The minimum Gasteiger partial charge on any atom is -0.349 e. The van der Waals surface area contributed by atoms with Crippen molar-refractivity contribution in [3.05, 3.63) is 45.8 Å². The van der Waals surface area contributed by atoms with Crippen molar-refractivity contribution in [2.75, 3.05) is 6.54 Å². The van der Waals surface area contributed by atoms with E-state index in [1.54, 1.807) is 12.1 Å². The number of nitrogens with zero attached hydrogens (tertiary/aromatic N) is 3. The molecule has 7 nitrogen and oxygen atoms in total. The Morgan fingerprint density at radius 1 is 1.45 bits per heavy atom. The van der Waals surface area contributed by atoms with Gasteiger partial charge in [0.1, 0.15) is 6.04 Å². The molecule has 2 N–H and O–H groups in total. The molecule has 0 aliphatic carbocycles. The number of azide groups is 1. The smallest absolute Gasteiger partial charge is 0.251 e. The zero-order chi connectivity index (χ0) is 14.5. The summed E-state index contributed by atoms with van der Waals surface area (Å²) in [6, 6.07) is 6.25. The van der Waals surface area contributed by atoms with Gasteiger partial charge in [0.2, 0.25) is 5.91 Å². The van der Waals surface area contributed by atoms with E-state index in [0.29, 0.717) is 5.56 Å². The predicted molar refractivity (Wildman–Crippen MR) is 73.0 cm³/mol. The Kier molecular flexibility index (Phi) is 4.22. The summed E-state index contributed by atoms with van der Waals surface area (Å²) in [5.41, 5.74) is 9.90. The van der Waals surface area contributed by atoms with Crippen molar-refractivity contribution in [3.8, 4) is 0 Å². The van der Waals surface area contributed by atoms with Gasteiger partial charge in [0.05, 0.1) is 6.04 Å². The number of benzene rings is 1. The van der Waals surface area contributed by atoms with Crippen molar-refractivity contribution in [2.24, 2.45) is 5.11 Å². The number of carbonyl (C=O) groups excluding carboxylic acids is 2. The van der Waals surface area contributed by atoms with Gasteiger partial charge >= 0.3 is 0 Å². The fourth-order valence-corrected chi connectivity index (χ4v) is 2.00. The maximum absolute atomic E-state index is 12.0. The molecule has 2 atom stereocenters. The van der Waals surface area contributed by atoms with E-state index in [-0.39, 0.29) is 24.4 Å². The lowest BCUT2D eigenvalue weighted by molar-refractivity contribution is -0.131. The monoisotopic (exact) mass is 273 g/mol. The number of hydrogen-bond donors (Lipinski definition) is 2. The minimum atomic E-state index is -0.640. The first-order chi connectivity index (χ1) is 9.65. The van der Waals surface area contributed by atoms with Gasteiger partial charge in [-0.05, 0) is 29.6 Å². The Morgan fingerprint density at radius 3 is 2.70 bits per heavy atom. The van der Waals surface area contributed by atoms with Crippen LogP contribution in [0.5, 0.6) is 0 Å². The summed E-state index contributed by atoms with van der Waals surface area (Å²) in [6.07, 6.45) is 0.904. The van der Waals surface area contributed by atoms with Crippen molar-refractivity contribution >= 4 is 11.8 Å². The molecule has 1 fully saturated rings. The van der Waals surface area contributed by atoms with Crippen molar-refractivity contribution in [3.63, 3.8) is 0 Å². The van der Waals surface area contributed by atoms with Crippen LogP contribution in [0.4, 0.5) is 0 Å². The predicted octanol–water partition coefficient (Wildman–Crippen LogP) is 1.16. The quantitative estimate of drug-likeness (QED) is 0.363. The lowest BCUT2D eigenvalue weighted by Crippen LogP contribution is -2.70. The van der Waals surface area contributed by atoms with Gasteiger partial charge in [-0.2, -0.15) is 0 Å². The zero-order valence-corrected chi connectivity index (χ0v) is 11.0. The van der Waals surface area contributed by atoms with Gasteiger partial charge in [0.15, 0.2) is 0 Å². The average molecular weight is 273 g/mol. The van der Waals surface area contributed by atoms with Crippen LogP contribution in [0.3, 0.4) is 0 Å². The Hall–Kier alpha value is -2.53. The Bertz CT molecular complexity index is 563. The molecule has 1 aliphatic heterocycles. The lowest BCUT2D eigenvalue weighted by atomic mass is 9.98. The fourth-order valence-electron chi connectivity index (χ4n) is 2.00. The van der Waals surface area contributed by atoms with Gasteiger partial charge in [-0.3, -0.25) is 9.59 Å². The van der Waals surface area contributed by atoms with Crippen molar-refractivity contribution < 1.29 is 9.59 Å². The van der Waals surface area contributed by atoms with Gasteiger partial charge in [0, 0.05) is 17.0 Å². The van der Waals surface area contributed by atoms with Gasteiger partial charge in [-0.15, -0.1) is 0 Å². The molecule has 1 aliphatic rings. The molecule has 0 spiro atoms. The van der Waals surface area contributed by atoms with E-state index in [4.69, 9.17) is 5.53 Å². The first-order valence-electron chi connectivity index (χ1n) is 6.36. The standard InChI is InChI=1S/C13H15N5O2/c1-2-8-3-5-9(6-4-8)12(19)17-11-10(7-15-18-14)16-13(11)20/h3-6,10-11H,2,7H2,1H3,(H,16,20)(H,17,19)/t10-,11+/m0/s1. The number of nitrogens with one attached hydrogen (secondary N) is 2. The van der Waals surface area contributed by atoms with E-state index in [1.807, 2.05) is 19.1 Å². The molecule has 1 aromatic rings. The van der Waals surface area contributed by atoms with Crippen molar-refractivity contribution in [1.29, 1.82) is 0 Å². The molecule has 1 heterocycles.